The van der Waals surface area contributed by atoms with Crippen LogP contribution in [0.4, 0.5) is 13.2 Å². The molecule has 2 aliphatic rings. The summed E-state index contributed by atoms with van der Waals surface area (Å²) in [5.74, 6) is -0.207. The number of alkyl halides is 3. The van der Waals surface area contributed by atoms with Gasteiger partial charge in [0, 0.05) is 25.4 Å². The predicted molar refractivity (Wildman–Crippen MR) is 77.5 cm³/mol. The Morgan fingerprint density at radius 3 is 2.83 bits per heavy atom. The summed E-state index contributed by atoms with van der Waals surface area (Å²) in [6.45, 7) is 0.436. The molecule has 0 aromatic carbocycles. The largest absolute Gasteiger partial charge is 0.433 e. The van der Waals surface area contributed by atoms with Crippen LogP contribution >= 0.6 is 0 Å². The molecule has 0 saturated heterocycles. The van der Waals surface area contributed by atoms with Crippen molar-refractivity contribution in [2.75, 3.05) is 7.05 Å². The van der Waals surface area contributed by atoms with Crippen molar-refractivity contribution in [1.29, 1.82) is 0 Å². The Morgan fingerprint density at radius 1 is 1.33 bits per heavy atom. The lowest BCUT2D eigenvalue weighted by molar-refractivity contribution is -0.141. The number of carbonyl (C=O) groups is 1. The monoisotopic (exact) mass is 335 g/mol. The van der Waals surface area contributed by atoms with E-state index in [1.165, 1.54) is 19.3 Å². The predicted octanol–water partition coefficient (Wildman–Crippen LogP) is 1.49. The van der Waals surface area contributed by atoms with Gasteiger partial charge in [0.2, 0.25) is 5.91 Å². The minimum absolute atomic E-state index is 0.0842. The highest BCUT2D eigenvalue weighted by atomic mass is 19.4. The standard InChI is InChI=1S/C15H12F3N5O/c1-19-12-8-2-3-9(15(16,17)18)21-11(8)14(13(24)22-12)5-7-23-10(14)4-6-20-23/h2-4,6H,5,7H2,1H3,(H,19,22,24)/t14-/m0/s1. The summed E-state index contributed by atoms with van der Waals surface area (Å²) < 4.78 is 41.0. The number of hydrogen-bond acceptors (Lipinski definition) is 4. The molecule has 1 amide bonds. The second-order valence-electron chi connectivity index (χ2n) is 5.71. The molecule has 24 heavy (non-hydrogen) atoms. The van der Waals surface area contributed by atoms with Crippen molar-refractivity contribution in [3.63, 3.8) is 0 Å². The molecule has 2 aromatic rings. The zero-order chi connectivity index (χ0) is 17.1. The smallest absolute Gasteiger partial charge is 0.309 e. The molecule has 124 valence electrons. The number of amidine groups is 1. The molecule has 0 fully saturated rings. The van der Waals surface area contributed by atoms with Crippen molar-refractivity contribution in [1.82, 2.24) is 20.1 Å². The molecule has 1 spiro atoms. The first-order valence-corrected chi connectivity index (χ1v) is 7.27. The summed E-state index contributed by atoms with van der Waals surface area (Å²) in [7, 11) is 1.47. The van der Waals surface area contributed by atoms with E-state index in [1.807, 2.05) is 0 Å². The number of hydrogen-bond donors (Lipinski definition) is 1. The third kappa shape index (κ3) is 1.78. The number of nitrogens with one attached hydrogen (secondary N) is 1. The fraction of sp³-hybridized carbons (Fsp3) is 0.333. The SMILES string of the molecule is CN=C1NC(=O)[C@]2(CCn3nccc32)c2nc(C(F)(F)F)ccc21. The average molecular weight is 335 g/mol. The molecule has 0 aliphatic carbocycles. The topological polar surface area (TPSA) is 72.2 Å². The maximum absolute atomic E-state index is 13.1. The number of halogens is 3. The van der Waals surface area contributed by atoms with Crippen molar-refractivity contribution in [3.05, 3.63) is 47.0 Å². The first-order valence-electron chi connectivity index (χ1n) is 7.27. The molecule has 0 saturated carbocycles. The molecule has 0 radical (unpaired) electrons. The number of carbonyl (C=O) groups excluding carboxylic acids is 1. The molecule has 0 bridgehead atoms. The maximum Gasteiger partial charge on any atom is 0.433 e. The minimum atomic E-state index is -4.59. The summed E-state index contributed by atoms with van der Waals surface area (Å²) in [6.07, 6.45) is -2.76. The van der Waals surface area contributed by atoms with Gasteiger partial charge >= 0.3 is 6.18 Å². The van der Waals surface area contributed by atoms with E-state index in [2.05, 4.69) is 20.4 Å². The van der Waals surface area contributed by atoms with Crippen LogP contribution in [0.2, 0.25) is 0 Å². The van der Waals surface area contributed by atoms with Crippen LogP contribution in [0.5, 0.6) is 0 Å². The highest BCUT2D eigenvalue weighted by molar-refractivity contribution is 6.16. The van der Waals surface area contributed by atoms with Crippen LogP contribution in [0.25, 0.3) is 0 Å². The van der Waals surface area contributed by atoms with Crippen molar-refractivity contribution < 1.29 is 18.0 Å². The van der Waals surface area contributed by atoms with Crippen LogP contribution in [0.15, 0.2) is 29.4 Å². The minimum Gasteiger partial charge on any atom is -0.309 e. The Kier molecular flexibility index (Phi) is 2.88. The lowest BCUT2D eigenvalue weighted by atomic mass is 9.74. The summed E-state index contributed by atoms with van der Waals surface area (Å²) in [5, 5.41) is 6.81. The molecule has 2 aliphatic heterocycles. The van der Waals surface area contributed by atoms with Gasteiger partial charge in [0.15, 0.2) is 0 Å². The van der Waals surface area contributed by atoms with Gasteiger partial charge in [0.05, 0.1) is 11.4 Å². The molecular weight excluding hydrogens is 323 g/mol. The highest BCUT2D eigenvalue weighted by Crippen LogP contribution is 2.44. The second-order valence-corrected chi connectivity index (χ2v) is 5.71. The third-order valence-corrected chi connectivity index (χ3v) is 4.54. The molecule has 4 rings (SSSR count). The van der Waals surface area contributed by atoms with Gasteiger partial charge in [-0.1, -0.05) is 0 Å². The van der Waals surface area contributed by atoms with Crippen molar-refractivity contribution >= 4 is 11.7 Å². The van der Waals surface area contributed by atoms with E-state index in [0.29, 0.717) is 24.2 Å². The van der Waals surface area contributed by atoms with Crippen LogP contribution in [0.1, 0.15) is 29.1 Å². The molecule has 4 heterocycles. The second kappa shape index (κ2) is 4.65. The van der Waals surface area contributed by atoms with Crippen LogP contribution in [-0.4, -0.2) is 33.6 Å². The van der Waals surface area contributed by atoms with Crippen molar-refractivity contribution in [3.8, 4) is 0 Å². The van der Waals surface area contributed by atoms with Gasteiger partial charge in [0.25, 0.3) is 0 Å². The number of aliphatic imine (C=N–C) groups is 1. The van der Waals surface area contributed by atoms with Gasteiger partial charge in [-0.05, 0) is 24.6 Å². The van der Waals surface area contributed by atoms with E-state index in [4.69, 9.17) is 0 Å². The molecule has 1 N–H and O–H groups in total. The zero-order valence-corrected chi connectivity index (χ0v) is 12.6. The number of fused-ring (bicyclic) bond motifs is 4. The van der Waals surface area contributed by atoms with Gasteiger partial charge < -0.3 is 5.32 Å². The summed E-state index contributed by atoms with van der Waals surface area (Å²) in [5.41, 5.74) is -1.27. The molecule has 0 unspecified atom stereocenters. The Morgan fingerprint density at radius 2 is 2.12 bits per heavy atom. The molecule has 9 heteroatoms. The number of nitrogens with zero attached hydrogens (tertiary/aromatic N) is 4. The van der Waals surface area contributed by atoms with E-state index in [-0.39, 0.29) is 11.5 Å². The molecule has 2 aromatic heterocycles. The fourth-order valence-electron chi connectivity index (χ4n) is 3.44. The summed E-state index contributed by atoms with van der Waals surface area (Å²) in [6, 6.07) is 3.86. The first kappa shape index (κ1) is 14.9. The molecule has 1 atom stereocenters. The quantitative estimate of drug-likeness (QED) is 0.793. The van der Waals surface area contributed by atoms with E-state index in [0.717, 1.165) is 6.07 Å². The van der Waals surface area contributed by atoms with Gasteiger partial charge in [-0.15, -0.1) is 0 Å². The average Bonchev–Trinajstić information content (AvgIpc) is 3.13. The van der Waals surface area contributed by atoms with Gasteiger partial charge in [-0.3, -0.25) is 14.5 Å². The normalized spacial score (nSPS) is 24.2. The van der Waals surface area contributed by atoms with Gasteiger partial charge in [0.1, 0.15) is 16.9 Å². The van der Waals surface area contributed by atoms with Crippen molar-refractivity contribution in [2.45, 2.75) is 24.6 Å². The fourth-order valence-corrected chi connectivity index (χ4v) is 3.44. The number of aromatic nitrogens is 3. The van der Waals surface area contributed by atoms with Gasteiger partial charge in [-0.25, -0.2) is 4.98 Å². The number of rotatable bonds is 0. The van der Waals surface area contributed by atoms with Crippen LogP contribution in [-0.2, 0) is 22.9 Å². The zero-order valence-electron chi connectivity index (χ0n) is 12.6. The lowest BCUT2D eigenvalue weighted by Gasteiger charge is -2.34. The Labute approximate surface area is 134 Å². The summed E-state index contributed by atoms with van der Waals surface area (Å²) >= 11 is 0. The Hall–Kier alpha value is -2.71. The Bertz CT molecular complexity index is 885. The van der Waals surface area contributed by atoms with Crippen LogP contribution < -0.4 is 5.32 Å². The number of aryl methyl sites for hydroxylation is 1. The van der Waals surface area contributed by atoms with E-state index >= 15 is 0 Å². The highest BCUT2D eigenvalue weighted by Gasteiger charge is 2.54. The maximum atomic E-state index is 13.1. The summed E-state index contributed by atoms with van der Waals surface area (Å²) in [4.78, 5) is 20.6. The lowest BCUT2D eigenvalue weighted by Crippen LogP contribution is -2.52. The van der Waals surface area contributed by atoms with Gasteiger partial charge in [-0.2, -0.15) is 18.3 Å². The van der Waals surface area contributed by atoms with E-state index in [1.54, 1.807) is 10.7 Å². The number of pyridine rings is 1. The first-order chi connectivity index (χ1) is 11.4. The number of amides is 1. The van der Waals surface area contributed by atoms with Crippen molar-refractivity contribution in [2.24, 2.45) is 4.99 Å². The van der Waals surface area contributed by atoms with E-state index in [9.17, 15) is 18.0 Å². The molecular formula is C15H12F3N5O. The van der Waals surface area contributed by atoms with Crippen LogP contribution in [0, 0.1) is 0 Å². The molecule has 6 nitrogen and oxygen atoms in total. The van der Waals surface area contributed by atoms with E-state index < -0.39 is 23.2 Å². The van der Waals surface area contributed by atoms with Crippen LogP contribution in [0.3, 0.4) is 0 Å². The third-order valence-electron chi connectivity index (χ3n) is 4.54. The Balaban J connectivity index is 2.04.